The van der Waals surface area contributed by atoms with Crippen LogP contribution < -0.4 is 0 Å². The Balaban J connectivity index is 3.01. The molecule has 0 fully saturated rings. The maximum Gasteiger partial charge on any atom is 0.0712 e. The summed E-state index contributed by atoms with van der Waals surface area (Å²) < 4.78 is 1.23. The average molecular weight is 223 g/mol. The first-order chi connectivity index (χ1) is 4.24. The lowest BCUT2D eigenvalue weighted by molar-refractivity contribution is 1.42. The van der Waals surface area contributed by atoms with Crippen LogP contribution in [0.15, 0.2) is 14.7 Å². The van der Waals surface area contributed by atoms with E-state index in [0.717, 1.165) is 0 Å². The molecule has 1 aromatic heterocycles. The van der Waals surface area contributed by atoms with Crippen molar-refractivity contribution in [1.82, 2.24) is 0 Å². The zero-order valence-corrected chi connectivity index (χ0v) is 8.49. The summed E-state index contributed by atoms with van der Waals surface area (Å²) in [5.74, 6) is 0. The van der Waals surface area contributed by atoms with Gasteiger partial charge in [0.15, 0.2) is 0 Å². The fourth-order valence-electron chi connectivity index (χ4n) is 0.633. The van der Waals surface area contributed by atoms with Crippen molar-refractivity contribution in [1.29, 1.82) is 0 Å². The van der Waals surface area contributed by atoms with Crippen LogP contribution in [0.3, 0.4) is 0 Å². The van der Waals surface area contributed by atoms with E-state index in [0.29, 0.717) is 0 Å². The molecule has 1 heterocycles. The molecule has 0 N–H and O–H groups in total. The van der Waals surface area contributed by atoms with Crippen LogP contribution in [0.4, 0.5) is 0 Å². The summed E-state index contributed by atoms with van der Waals surface area (Å²) in [5, 5.41) is 0. The van der Waals surface area contributed by atoms with Crippen molar-refractivity contribution in [2.45, 2.75) is 11.8 Å². The molecule has 0 nitrogen and oxygen atoms in total. The van der Waals surface area contributed by atoms with Gasteiger partial charge in [-0.3, -0.25) is 0 Å². The lowest BCUT2D eigenvalue weighted by Gasteiger charge is -1.87. The van der Waals surface area contributed by atoms with E-state index in [2.05, 4.69) is 35.2 Å². The predicted molar refractivity (Wildman–Crippen MR) is 48.5 cm³/mol. The summed E-state index contributed by atoms with van der Waals surface area (Å²) >= 11 is 7.02. The number of rotatable bonds is 1. The van der Waals surface area contributed by atoms with Gasteiger partial charge in [-0.05, 0) is 35.2 Å². The smallest absolute Gasteiger partial charge is 0.0712 e. The van der Waals surface area contributed by atoms with Crippen molar-refractivity contribution in [3.8, 4) is 0 Å². The molecule has 0 aliphatic rings. The molecule has 0 aromatic carbocycles. The number of thiophene rings is 1. The molecule has 0 spiro atoms. The molecule has 0 bridgehead atoms. The molecule has 1 rings (SSSR count). The largest absolute Gasteiger partial charge is 0.132 e. The topological polar surface area (TPSA) is 0 Å². The lowest BCUT2D eigenvalue weighted by atomic mass is 10.5. The van der Waals surface area contributed by atoms with Crippen LogP contribution >= 0.6 is 39.0 Å². The Morgan fingerprint density at radius 1 is 1.67 bits per heavy atom. The number of thioether (sulfide) groups is 1. The third kappa shape index (κ3) is 1.72. The number of hydrogen-bond donors (Lipinski definition) is 0. The third-order valence-electron chi connectivity index (χ3n) is 1.06. The molecule has 9 heavy (non-hydrogen) atoms. The summed E-state index contributed by atoms with van der Waals surface area (Å²) in [7, 11) is 0. The van der Waals surface area contributed by atoms with E-state index in [9.17, 15) is 0 Å². The predicted octanol–water partition coefficient (Wildman–Crippen LogP) is 3.54. The van der Waals surface area contributed by atoms with Gasteiger partial charge in [0.1, 0.15) is 0 Å². The van der Waals surface area contributed by atoms with Gasteiger partial charge in [-0.1, -0.05) is 0 Å². The highest BCUT2D eigenvalue weighted by atomic mass is 79.9. The normalized spacial score (nSPS) is 10.1. The van der Waals surface area contributed by atoms with Crippen LogP contribution in [-0.2, 0) is 0 Å². The first-order valence-electron chi connectivity index (χ1n) is 2.54. The Morgan fingerprint density at radius 3 is 2.56 bits per heavy atom. The molecular formula is C6H7BrS2. The van der Waals surface area contributed by atoms with Gasteiger partial charge >= 0.3 is 0 Å². The molecule has 0 saturated heterocycles. The highest BCUT2D eigenvalue weighted by Crippen LogP contribution is 2.31. The zero-order valence-electron chi connectivity index (χ0n) is 5.27. The number of hydrogen-bond acceptors (Lipinski definition) is 2. The molecule has 3 heteroatoms. The van der Waals surface area contributed by atoms with Gasteiger partial charge in [0.2, 0.25) is 0 Å². The average Bonchev–Trinajstić information content (AvgIpc) is 2.10. The molecular weight excluding hydrogens is 216 g/mol. The van der Waals surface area contributed by atoms with Crippen molar-refractivity contribution in [2.75, 3.05) is 6.26 Å². The van der Waals surface area contributed by atoms with Crippen LogP contribution in [0.2, 0.25) is 0 Å². The van der Waals surface area contributed by atoms with Gasteiger partial charge in [0, 0.05) is 9.77 Å². The quantitative estimate of drug-likeness (QED) is 0.656. The van der Waals surface area contributed by atoms with E-state index in [1.165, 1.54) is 13.6 Å². The summed E-state index contributed by atoms with van der Waals surface area (Å²) in [6.07, 6.45) is 2.10. The summed E-state index contributed by atoms with van der Waals surface area (Å²) in [6.45, 7) is 2.14. The first kappa shape index (κ1) is 7.63. The van der Waals surface area contributed by atoms with E-state index in [4.69, 9.17) is 0 Å². The highest BCUT2D eigenvalue weighted by Gasteiger charge is 1.99. The fourth-order valence-corrected chi connectivity index (χ4v) is 3.34. The molecule has 1 aromatic rings. The molecule has 0 radical (unpaired) electrons. The summed E-state index contributed by atoms with van der Waals surface area (Å²) in [5.41, 5.74) is 0. The lowest BCUT2D eigenvalue weighted by Crippen LogP contribution is -1.61. The van der Waals surface area contributed by atoms with Crippen molar-refractivity contribution >= 4 is 39.0 Å². The minimum absolute atomic E-state index is 1.23. The standard InChI is InChI=1S/C6H7BrS2/c1-4-5(8-2)3-6(7)9-4/h3H,1-2H3. The Kier molecular flexibility index (Phi) is 2.61. The van der Waals surface area contributed by atoms with Crippen molar-refractivity contribution < 1.29 is 0 Å². The summed E-state index contributed by atoms with van der Waals surface area (Å²) in [6, 6.07) is 2.16. The summed E-state index contributed by atoms with van der Waals surface area (Å²) in [4.78, 5) is 2.78. The van der Waals surface area contributed by atoms with Gasteiger partial charge in [-0.15, -0.1) is 23.1 Å². The van der Waals surface area contributed by atoms with Gasteiger partial charge in [-0.2, -0.15) is 0 Å². The third-order valence-corrected chi connectivity index (χ3v) is 3.61. The molecule has 0 aliphatic carbocycles. The SMILES string of the molecule is CSc1cc(Br)sc1C. The van der Waals surface area contributed by atoms with Crippen LogP contribution in [-0.4, -0.2) is 6.26 Å². The molecule has 50 valence electrons. The van der Waals surface area contributed by atoms with E-state index in [1.54, 1.807) is 23.1 Å². The molecule has 0 unspecified atom stereocenters. The van der Waals surface area contributed by atoms with Gasteiger partial charge in [0.25, 0.3) is 0 Å². The minimum Gasteiger partial charge on any atom is -0.132 e. The molecule has 0 amide bonds. The number of halogens is 1. The second-order valence-electron chi connectivity index (χ2n) is 1.68. The second-order valence-corrected chi connectivity index (χ2v) is 5.16. The number of aryl methyl sites for hydroxylation is 1. The maximum absolute atomic E-state index is 3.43. The second kappa shape index (κ2) is 3.08. The van der Waals surface area contributed by atoms with Gasteiger partial charge < -0.3 is 0 Å². The van der Waals surface area contributed by atoms with Crippen LogP contribution in [0.1, 0.15) is 4.88 Å². The molecule has 0 atom stereocenters. The Bertz CT molecular complexity index is 205. The van der Waals surface area contributed by atoms with E-state index in [1.807, 2.05) is 0 Å². The maximum atomic E-state index is 3.43. The van der Waals surface area contributed by atoms with E-state index >= 15 is 0 Å². The zero-order chi connectivity index (χ0) is 6.85. The highest BCUT2D eigenvalue weighted by molar-refractivity contribution is 9.11. The van der Waals surface area contributed by atoms with Crippen molar-refractivity contribution in [3.05, 3.63) is 14.7 Å². The van der Waals surface area contributed by atoms with Crippen LogP contribution in [0.25, 0.3) is 0 Å². The van der Waals surface area contributed by atoms with Crippen molar-refractivity contribution in [3.63, 3.8) is 0 Å². The first-order valence-corrected chi connectivity index (χ1v) is 5.37. The van der Waals surface area contributed by atoms with Gasteiger partial charge in [-0.25, -0.2) is 0 Å². The van der Waals surface area contributed by atoms with Crippen molar-refractivity contribution in [2.24, 2.45) is 0 Å². The van der Waals surface area contributed by atoms with E-state index < -0.39 is 0 Å². The Labute approximate surface area is 71.8 Å². The molecule has 0 aliphatic heterocycles. The van der Waals surface area contributed by atoms with Gasteiger partial charge in [0.05, 0.1) is 3.79 Å². The van der Waals surface area contributed by atoms with Crippen LogP contribution in [0.5, 0.6) is 0 Å². The van der Waals surface area contributed by atoms with Crippen LogP contribution in [0, 0.1) is 6.92 Å². The fraction of sp³-hybridized carbons (Fsp3) is 0.333. The Hall–Kier alpha value is 0.530. The molecule has 0 saturated carbocycles. The Morgan fingerprint density at radius 2 is 2.33 bits per heavy atom. The van der Waals surface area contributed by atoms with E-state index in [-0.39, 0.29) is 0 Å². The monoisotopic (exact) mass is 222 g/mol. The minimum atomic E-state index is 1.23.